The zero-order valence-corrected chi connectivity index (χ0v) is 56.8. The maximum Gasteiger partial charge on any atom is 0.420 e. The number of terminal acetylenes is 1. The summed E-state index contributed by atoms with van der Waals surface area (Å²) in [5.41, 5.74) is 17.0. The van der Waals surface area contributed by atoms with Crippen molar-refractivity contribution in [2.75, 3.05) is 37.1 Å². The van der Waals surface area contributed by atoms with Crippen LogP contribution in [0.25, 0.3) is 32.2 Å². The Morgan fingerprint density at radius 2 is 1.28 bits per heavy atom. The van der Waals surface area contributed by atoms with Crippen LogP contribution < -0.4 is 10.6 Å². The molecule has 0 amide bonds. The largest absolute Gasteiger partial charge is 0.477 e. The number of nitrogens with zero attached hydrogens (tertiary/aromatic N) is 12. The first-order valence-corrected chi connectivity index (χ1v) is 32.3. The van der Waals surface area contributed by atoms with Crippen LogP contribution in [0.15, 0.2) is 175 Å². The quantitative estimate of drug-likeness (QED) is 0.00760. The summed E-state index contributed by atoms with van der Waals surface area (Å²) in [6.07, 6.45) is 21.9. The van der Waals surface area contributed by atoms with E-state index in [4.69, 9.17) is 50.1 Å². The number of hydrogen-bond acceptors (Lipinski definition) is 17. The van der Waals surface area contributed by atoms with Gasteiger partial charge in [-0.05, 0) is 137 Å². The molecule has 515 valence electrons. The van der Waals surface area contributed by atoms with Crippen molar-refractivity contribution in [1.29, 1.82) is 10.5 Å². The van der Waals surface area contributed by atoms with E-state index in [-0.39, 0.29) is 47.4 Å². The van der Waals surface area contributed by atoms with Gasteiger partial charge in [0, 0.05) is 89.1 Å². The molecule has 4 N–H and O–H groups in total. The van der Waals surface area contributed by atoms with Crippen LogP contribution in [0.5, 0.6) is 0 Å². The topological polar surface area (TPSA) is 296 Å². The molecule has 1 fully saturated rings. The monoisotopic (exact) mass is 1450 g/mol. The van der Waals surface area contributed by atoms with Gasteiger partial charge in [0.1, 0.15) is 23.6 Å². The molecule has 1 radical (unpaired) electrons. The Bertz CT molecular complexity index is 4430. The number of hydrogen-bond donors (Lipinski definition) is 4. The van der Waals surface area contributed by atoms with Crippen molar-refractivity contribution in [2.45, 2.75) is 95.3 Å². The van der Waals surface area contributed by atoms with Gasteiger partial charge in [0.25, 0.3) is 0 Å². The summed E-state index contributed by atoms with van der Waals surface area (Å²) >= 11 is 14.6. The van der Waals surface area contributed by atoms with Crippen molar-refractivity contribution in [3.8, 4) is 24.5 Å². The van der Waals surface area contributed by atoms with Crippen LogP contribution in [-0.4, -0.2) is 89.6 Å². The smallest absolute Gasteiger partial charge is 0.420 e. The molecule has 4 aromatic carbocycles. The number of halogens is 6. The Labute approximate surface area is 593 Å². The maximum atomic E-state index is 14.1. The van der Waals surface area contributed by atoms with Crippen molar-refractivity contribution >= 4 is 79.7 Å². The molecule has 99 heavy (non-hydrogen) atoms. The Morgan fingerprint density at radius 1 is 0.768 bits per heavy atom. The van der Waals surface area contributed by atoms with Crippen LogP contribution in [0.4, 0.5) is 28.9 Å². The number of carboxylic acids is 1. The summed E-state index contributed by atoms with van der Waals surface area (Å²) in [6.45, 7) is 5.95. The van der Waals surface area contributed by atoms with Gasteiger partial charge in [0.2, 0.25) is 0 Å². The van der Waals surface area contributed by atoms with Crippen molar-refractivity contribution in [3.63, 3.8) is 0 Å². The summed E-state index contributed by atoms with van der Waals surface area (Å²) in [5.74, 6) is -0.454. The number of anilines is 2. The molecular weight excluding hydrogens is 1390 g/mol. The minimum absolute atomic E-state index is 0. The van der Waals surface area contributed by atoms with E-state index < -0.39 is 36.6 Å². The van der Waals surface area contributed by atoms with Gasteiger partial charge in [-0.3, -0.25) is 19.9 Å². The number of fused-ring (bicyclic) bond motifs is 2. The molecule has 0 aliphatic carbocycles. The molecule has 1 saturated heterocycles. The second-order valence-electron chi connectivity index (χ2n) is 21.5. The average Bonchev–Trinajstić information content (AvgIpc) is 1.65. The molecule has 11 rings (SSSR count). The van der Waals surface area contributed by atoms with E-state index in [1.165, 1.54) is 37.3 Å². The fourth-order valence-corrected chi connectivity index (χ4v) is 11.2. The molecule has 7 heterocycles. The van der Waals surface area contributed by atoms with E-state index >= 15 is 0 Å². The number of aliphatic hydroxyl groups excluding tert-OH is 1. The molecular formula is C71H66Cl2CuF4N14O6S. The minimum atomic E-state index is -4.09. The Balaban J connectivity index is 0.000000234. The summed E-state index contributed by atoms with van der Waals surface area (Å²) in [7, 11) is 0. The number of carbonyl (C=O) groups is 2. The van der Waals surface area contributed by atoms with E-state index in [9.17, 15) is 37.7 Å². The zero-order valence-electron chi connectivity index (χ0n) is 53.5. The van der Waals surface area contributed by atoms with Gasteiger partial charge in [0.05, 0.1) is 80.1 Å². The van der Waals surface area contributed by atoms with Gasteiger partial charge >= 0.3 is 24.0 Å². The van der Waals surface area contributed by atoms with Crippen LogP contribution in [0.2, 0.25) is 10.0 Å². The Hall–Kier alpha value is -10.0. The van der Waals surface area contributed by atoms with Crippen molar-refractivity contribution in [1.82, 2.24) is 34.9 Å². The van der Waals surface area contributed by atoms with Gasteiger partial charge in [-0.15, -0.1) is 22.9 Å². The van der Waals surface area contributed by atoms with Gasteiger partial charge < -0.3 is 30.3 Å². The number of pyridine rings is 4. The first-order valence-electron chi connectivity index (χ1n) is 30.6. The number of aromatic nitrogens is 7. The number of azide groups is 1. The molecule has 1 aliphatic rings. The normalized spacial score (nSPS) is 12.6. The molecule has 20 nitrogen and oxygen atoms in total. The molecule has 4 atom stereocenters. The first-order chi connectivity index (χ1) is 47.3. The third kappa shape index (κ3) is 21.7. The predicted molar refractivity (Wildman–Crippen MR) is 368 cm³/mol. The third-order valence-corrected chi connectivity index (χ3v) is 16.4. The van der Waals surface area contributed by atoms with E-state index in [1.54, 1.807) is 65.5 Å². The third-order valence-electron chi connectivity index (χ3n) is 15.0. The predicted octanol–water partition coefficient (Wildman–Crippen LogP) is 16.6. The Morgan fingerprint density at radius 3 is 1.69 bits per heavy atom. The number of alkyl halides is 4. The second kappa shape index (κ2) is 38.8. The van der Waals surface area contributed by atoms with Gasteiger partial charge in [-0.1, -0.05) is 127 Å². The van der Waals surface area contributed by atoms with E-state index in [0.29, 0.717) is 65.7 Å². The summed E-state index contributed by atoms with van der Waals surface area (Å²) in [5, 5.41) is 57.9. The van der Waals surface area contributed by atoms with E-state index in [2.05, 4.69) is 89.7 Å². The number of nitrogens with one attached hydrogen (secondary N) is 2. The molecule has 6 aromatic heterocycles. The summed E-state index contributed by atoms with van der Waals surface area (Å²) in [6, 6.07) is 35.3. The number of ether oxygens (including phenoxy) is 2. The number of carboxylic acid groups (broad SMARTS) is 1. The van der Waals surface area contributed by atoms with Gasteiger partial charge in [-0.25, -0.2) is 9.59 Å². The second-order valence-corrected chi connectivity index (χ2v) is 23.3. The number of rotatable bonds is 21. The minimum Gasteiger partial charge on any atom is -0.477 e. The van der Waals surface area contributed by atoms with Crippen molar-refractivity contribution in [2.24, 2.45) is 5.11 Å². The number of aliphatic hydroxyl groups is 1. The van der Waals surface area contributed by atoms with Crippen LogP contribution in [0, 0.1) is 35.0 Å². The molecule has 28 heteroatoms. The average molecular weight is 1450 g/mol. The van der Waals surface area contributed by atoms with Crippen LogP contribution in [0.3, 0.4) is 0 Å². The Kier molecular flexibility index (Phi) is 30.6. The van der Waals surface area contributed by atoms with Crippen LogP contribution in [0.1, 0.15) is 130 Å². The molecule has 1 aliphatic heterocycles. The number of nitriles is 2. The molecule has 0 bridgehead atoms. The SMILES string of the molecule is C#C[C@@H](Cc1cc(Cl)c2ncc(C#N)c(N[C@H](CC)c3ccccc3)c2c1)c1cccnc1.C1CCOC1.CCOC(=O)C(F)(F)N=[N+]=[N-].CC[C@@H](Nc1c(C#N)cnc2c(Cl)cc(C[C@@H](c3cccnc3)c3cn(C(F)(F)CO)nn3)cc12)c1ccccc1.O=C(O)c1cccs1.[Cu]. The maximum absolute atomic E-state index is 14.1. The van der Waals surface area contributed by atoms with Crippen molar-refractivity contribution in [3.05, 3.63) is 246 Å². The van der Waals surface area contributed by atoms with Gasteiger partial charge in [0.15, 0.2) is 0 Å². The first kappa shape index (κ1) is 78.0. The fourth-order valence-electron chi connectivity index (χ4n) is 10.1. The number of thiophene rings is 1. The van der Waals surface area contributed by atoms with Crippen LogP contribution >= 0.6 is 34.5 Å². The standard InChI is InChI=1S/C30H26ClF2N7O.C28H23ClN4.C5H4O2S.C4H5F2N3O2.C4H8O.Cu/c1-2-26(20-7-4-3-5-8-20)37-28-22(14-34)16-36-29-24(28)12-19(13-25(29)31)11-23(21-9-6-10-35-15-21)27-17-40(39-38-27)30(32,33)18-41;1-3-20(22-11-8-12-31-17-22)13-19-14-24-27(23(16-30)18-32-28(24)25(29)15-19)33-26(4-2)21-9-6-5-7-10-21;6-5(7)4-2-1-3-8-4;1-2-11-3(10)4(5,6)8-9-7;1-2-4-5-3-1;/h3-10,12-13,15-17,23,26,41H,2,11,18H2,1H3,(H,36,37);1,5-12,14-15,17-18,20,26H,4,13H2,2H3,(H,32,33);1-3H,(H,6,7);2H2,1H3;1-4H2;/t23-,26+;20-,26+;;;;/m00..../s1. The molecule has 10 aromatic rings. The number of esters is 1. The van der Waals surface area contributed by atoms with E-state index in [1.807, 2.05) is 90.0 Å². The summed E-state index contributed by atoms with van der Waals surface area (Å²) < 4.78 is 61.7. The van der Waals surface area contributed by atoms with Crippen molar-refractivity contribution < 1.29 is 63.9 Å². The number of aromatic carboxylic acids is 1. The molecule has 0 unspecified atom stereocenters. The summed E-state index contributed by atoms with van der Waals surface area (Å²) in [4.78, 5) is 39.8. The van der Waals surface area contributed by atoms with Crippen LogP contribution in [-0.2, 0) is 50.2 Å². The number of carbonyl (C=O) groups excluding carboxylic acids is 1. The zero-order chi connectivity index (χ0) is 70.6. The molecule has 0 saturated carbocycles. The van der Waals surface area contributed by atoms with Gasteiger partial charge in [-0.2, -0.15) is 32.8 Å². The molecule has 0 spiro atoms. The number of benzene rings is 4. The fraction of sp³-hybridized carbons (Fsp3) is 0.268. The van der Waals surface area contributed by atoms with E-state index in [0.717, 1.165) is 76.7 Å².